The Labute approximate surface area is 73.2 Å². The Kier molecular flexibility index (Phi) is 1.90. The SMILES string of the molecule is CN1CCCNc2cc[c]cc21. The van der Waals surface area contributed by atoms with Crippen molar-refractivity contribution in [1.29, 1.82) is 0 Å². The molecule has 63 valence electrons. The third kappa shape index (κ3) is 1.24. The Morgan fingerprint density at radius 2 is 2.50 bits per heavy atom. The molecular weight excluding hydrogens is 148 g/mol. The van der Waals surface area contributed by atoms with Crippen molar-refractivity contribution >= 4 is 11.4 Å². The lowest BCUT2D eigenvalue weighted by Crippen LogP contribution is -2.17. The molecule has 1 N–H and O–H groups in total. The van der Waals surface area contributed by atoms with Crippen LogP contribution in [0, 0.1) is 6.07 Å². The van der Waals surface area contributed by atoms with E-state index in [2.05, 4.69) is 29.4 Å². The Hall–Kier alpha value is -1.18. The summed E-state index contributed by atoms with van der Waals surface area (Å²) in [5.74, 6) is 0. The maximum atomic E-state index is 3.39. The second-order valence-corrected chi connectivity index (χ2v) is 3.15. The molecule has 0 saturated carbocycles. The first-order valence-corrected chi connectivity index (χ1v) is 4.33. The summed E-state index contributed by atoms with van der Waals surface area (Å²) in [7, 11) is 2.12. The highest BCUT2D eigenvalue weighted by Crippen LogP contribution is 2.25. The number of rotatable bonds is 0. The zero-order valence-electron chi connectivity index (χ0n) is 7.30. The normalized spacial score (nSPS) is 16.2. The van der Waals surface area contributed by atoms with Gasteiger partial charge < -0.3 is 10.2 Å². The third-order valence-electron chi connectivity index (χ3n) is 2.24. The molecule has 0 bridgehead atoms. The first kappa shape index (κ1) is 7.47. The summed E-state index contributed by atoms with van der Waals surface area (Å²) in [6.07, 6.45) is 1.20. The molecule has 0 aliphatic carbocycles. The zero-order chi connectivity index (χ0) is 8.39. The van der Waals surface area contributed by atoms with Gasteiger partial charge in [-0.2, -0.15) is 0 Å². The van der Waals surface area contributed by atoms with E-state index in [4.69, 9.17) is 0 Å². The minimum atomic E-state index is 1.07. The van der Waals surface area contributed by atoms with Crippen molar-refractivity contribution in [2.24, 2.45) is 0 Å². The van der Waals surface area contributed by atoms with Gasteiger partial charge in [-0.1, -0.05) is 6.07 Å². The topological polar surface area (TPSA) is 15.3 Å². The van der Waals surface area contributed by atoms with Crippen molar-refractivity contribution in [2.75, 3.05) is 30.4 Å². The second kappa shape index (κ2) is 3.05. The highest BCUT2D eigenvalue weighted by Gasteiger charge is 2.09. The van der Waals surface area contributed by atoms with Crippen molar-refractivity contribution in [2.45, 2.75) is 6.42 Å². The number of hydrogen-bond acceptors (Lipinski definition) is 2. The van der Waals surface area contributed by atoms with Gasteiger partial charge in [0.25, 0.3) is 0 Å². The summed E-state index contributed by atoms with van der Waals surface area (Å²) in [5, 5.41) is 3.39. The molecule has 1 aliphatic heterocycles. The quantitative estimate of drug-likeness (QED) is 0.623. The molecule has 12 heavy (non-hydrogen) atoms. The number of benzene rings is 1. The number of nitrogens with one attached hydrogen (secondary N) is 1. The van der Waals surface area contributed by atoms with Gasteiger partial charge in [0.05, 0.1) is 11.4 Å². The molecule has 2 nitrogen and oxygen atoms in total. The van der Waals surface area contributed by atoms with E-state index < -0.39 is 0 Å². The predicted molar refractivity (Wildman–Crippen MR) is 51.7 cm³/mol. The standard InChI is InChI=1S/C10H13N2/c1-12-8-4-7-11-9-5-2-3-6-10(9)12/h2,5-6,11H,4,7-8H2,1H3. The Balaban J connectivity index is 2.39. The summed E-state index contributed by atoms with van der Waals surface area (Å²) < 4.78 is 0. The summed E-state index contributed by atoms with van der Waals surface area (Å²) >= 11 is 0. The van der Waals surface area contributed by atoms with Gasteiger partial charge in [-0.15, -0.1) is 0 Å². The smallest absolute Gasteiger partial charge is 0.0605 e. The van der Waals surface area contributed by atoms with Gasteiger partial charge >= 0.3 is 0 Å². The average molecular weight is 161 g/mol. The average Bonchev–Trinajstić information content (AvgIpc) is 2.29. The summed E-state index contributed by atoms with van der Waals surface area (Å²) in [4.78, 5) is 2.27. The van der Waals surface area contributed by atoms with Crippen molar-refractivity contribution in [3.05, 3.63) is 24.3 Å². The van der Waals surface area contributed by atoms with Crippen LogP contribution in [0.1, 0.15) is 6.42 Å². The minimum Gasteiger partial charge on any atom is -0.383 e. The van der Waals surface area contributed by atoms with Crippen LogP contribution in [0.5, 0.6) is 0 Å². The molecule has 0 fully saturated rings. The molecule has 1 aliphatic rings. The molecular formula is C10H13N2. The lowest BCUT2D eigenvalue weighted by Gasteiger charge is -2.17. The van der Waals surface area contributed by atoms with Crippen LogP contribution < -0.4 is 10.2 Å². The molecule has 1 aromatic rings. The number of hydrogen-bond donors (Lipinski definition) is 1. The summed E-state index contributed by atoms with van der Waals surface area (Å²) in [5.41, 5.74) is 2.49. The third-order valence-corrected chi connectivity index (χ3v) is 2.24. The molecule has 2 heteroatoms. The zero-order valence-corrected chi connectivity index (χ0v) is 7.30. The van der Waals surface area contributed by atoms with Gasteiger partial charge in [-0.3, -0.25) is 0 Å². The van der Waals surface area contributed by atoms with Crippen molar-refractivity contribution in [3.63, 3.8) is 0 Å². The molecule has 0 amide bonds. The highest BCUT2D eigenvalue weighted by atomic mass is 15.1. The monoisotopic (exact) mass is 161 g/mol. The molecule has 0 unspecified atom stereocenters. The fourth-order valence-corrected chi connectivity index (χ4v) is 1.55. The van der Waals surface area contributed by atoms with E-state index in [1.54, 1.807) is 0 Å². The number of anilines is 2. The van der Waals surface area contributed by atoms with E-state index >= 15 is 0 Å². The minimum absolute atomic E-state index is 1.07. The van der Waals surface area contributed by atoms with Crippen LogP contribution in [-0.4, -0.2) is 20.1 Å². The summed E-state index contributed by atoms with van der Waals surface area (Å²) in [6, 6.07) is 9.16. The molecule has 2 rings (SSSR count). The molecule has 1 aromatic carbocycles. The second-order valence-electron chi connectivity index (χ2n) is 3.15. The van der Waals surface area contributed by atoms with E-state index in [0.29, 0.717) is 0 Å². The van der Waals surface area contributed by atoms with E-state index in [0.717, 1.165) is 13.1 Å². The van der Waals surface area contributed by atoms with Crippen LogP contribution in [0.4, 0.5) is 11.4 Å². The van der Waals surface area contributed by atoms with Crippen LogP contribution in [0.3, 0.4) is 0 Å². The van der Waals surface area contributed by atoms with Gasteiger partial charge in [0.2, 0.25) is 0 Å². The van der Waals surface area contributed by atoms with Crippen LogP contribution in [0.25, 0.3) is 0 Å². The fraction of sp³-hybridized carbons (Fsp3) is 0.400. The van der Waals surface area contributed by atoms with E-state index in [-0.39, 0.29) is 0 Å². The van der Waals surface area contributed by atoms with Gasteiger partial charge in [-0.05, 0) is 24.6 Å². The lowest BCUT2D eigenvalue weighted by molar-refractivity contribution is 0.837. The molecule has 0 saturated heterocycles. The Bertz CT molecular complexity index is 270. The van der Waals surface area contributed by atoms with Crippen LogP contribution in [0.2, 0.25) is 0 Å². The highest BCUT2D eigenvalue weighted by molar-refractivity contribution is 5.70. The molecule has 1 heterocycles. The first-order chi connectivity index (χ1) is 5.88. The first-order valence-electron chi connectivity index (χ1n) is 4.33. The van der Waals surface area contributed by atoms with Crippen molar-refractivity contribution < 1.29 is 0 Å². The lowest BCUT2D eigenvalue weighted by atomic mass is 10.2. The Morgan fingerprint density at radius 3 is 3.42 bits per heavy atom. The maximum Gasteiger partial charge on any atom is 0.0605 e. The number of fused-ring (bicyclic) bond motifs is 1. The van der Waals surface area contributed by atoms with E-state index in [9.17, 15) is 0 Å². The molecule has 0 spiro atoms. The van der Waals surface area contributed by atoms with E-state index in [1.165, 1.54) is 17.8 Å². The van der Waals surface area contributed by atoms with Crippen LogP contribution >= 0.6 is 0 Å². The maximum absolute atomic E-state index is 3.39. The van der Waals surface area contributed by atoms with E-state index in [1.807, 2.05) is 12.1 Å². The van der Waals surface area contributed by atoms with Crippen molar-refractivity contribution in [3.8, 4) is 0 Å². The largest absolute Gasteiger partial charge is 0.383 e. The van der Waals surface area contributed by atoms with Crippen LogP contribution in [-0.2, 0) is 0 Å². The number of nitrogens with zero attached hydrogens (tertiary/aromatic N) is 1. The van der Waals surface area contributed by atoms with Crippen LogP contribution in [0.15, 0.2) is 18.2 Å². The van der Waals surface area contributed by atoms with Gasteiger partial charge in [0.15, 0.2) is 0 Å². The molecule has 0 aromatic heterocycles. The molecule has 1 radical (unpaired) electrons. The van der Waals surface area contributed by atoms with Gasteiger partial charge in [-0.25, -0.2) is 0 Å². The fourth-order valence-electron chi connectivity index (χ4n) is 1.55. The molecule has 0 atom stereocenters. The van der Waals surface area contributed by atoms with Gasteiger partial charge in [0, 0.05) is 20.1 Å². The predicted octanol–water partition coefficient (Wildman–Crippen LogP) is 1.74. The van der Waals surface area contributed by atoms with Gasteiger partial charge in [0.1, 0.15) is 0 Å². The summed E-state index contributed by atoms with van der Waals surface area (Å²) in [6.45, 7) is 2.19. The van der Waals surface area contributed by atoms with Crippen molar-refractivity contribution in [1.82, 2.24) is 0 Å². The Morgan fingerprint density at radius 1 is 1.58 bits per heavy atom.